The van der Waals surface area contributed by atoms with Crippen molar-refractivity contribution >= 4 is 5.97 Å². The highest BCUT2D eigenvalue weighted by molar-refractivity contribution is 5.83. The zero-order chi connectivity index (χ0) is 9.42. The molecule has 5 heteroatoms. The molecule has 2 rings (SSSR count). The van der Waals surface area contributed by atoms with E-state index in [2.05, 4.69) is 4.98 Å². The van der Waals surface area contributed by atoms with E-state index in [4.69, 9.17) is 9.84 Å². The monoisotopic (exact) mass is 182 g/mol. The van der Waals surface area contributed by atoms with Crippen LogP contribution in [0.15, 0.2) is 6.20 Å². The number of carboxylic acid groups (broad SMARTS) is 1. The predicted molar refractivity (Wildman–Crippen MR) is 43.4 cm³/mol. The fourth-order valence-corrected chi connectivity index (χ4v) is 1.44. The first-order valence-electron chi connectivity index (χ1n) is 4.08. The molecule has 5 nitrogen and oxygen atoms in total. The SMILES string of the molecule is CC1Cn2c(cnc2C(=O)O)CO1. The van der Waals surface area contributed by atoms with Crippen LogP contribution >= 0.6 is 0 Å². The number of aromatic carboxylic acids is 1. The molecule has 13 heavy (non-hydrogen) atoms. The molecule has 0 saturated carbocycles. The molecule has 0 radical (unpaired) electrons. The van der Waals surface area contributed by atoms with Gasteiger partial charge in [-0.1, -0.05) is 0 Å². The van der Waals surface area contributed by atoms with Crippen LogP contribution in [0.2, 0.25) is 0 Å². The molecule has 1 atom stereocenters. The number of ether oxygens (including phenoxy) is 1. The van der Waals surface area contributed by atoms with Gasteiger partial charge in [0.2, 0.25) is 5.82 Å². The summed E-state index contributed by atoms with van der Waals surface area (Å²) in [6.07, 6.45) is 1.61. The van der Waals surface area contributed by atoms with Crippen LogP contribution in [0.3, 0.4) is 0 Å². The summed E-state index contributed by atoms with van der Waals surface area (Å²) in [6, 6.07) is 0. The Hall–Kier alpha value is -1.36. The fraction of sp³-hybridized carbons (Fsp3) is 0.500. The molecule has 0 saturated heterocycles. The van der Waals surface area contributed by atoms with Crippen LogP contribution in [0.1, 0.15) is 23.2 Å². The standard InChI is InChI=1S/C8H10N2O3/c1-5-3-10-6(4-13-5)2-9-7(10)8(11)12/h2,5H,3-4H2,1H3,(H,11,12). The lowest BCUT2D eigenvalue weighted by molar-refractivity contribution is 0.0151. The fourth-order valence-electron chi connectivity index (χ4n) is 1.44. The van der Waals surface area contributed by atoms with Gasteiger partial charge in [0, 0.05) is 0 Å². The van der Waals surface area contributed by atoms with Gasteiger partial charge in [0.15, 0.2) is 0 Å². The van der Waals surface area contributed by atoms with Crippen LogP contribution < -0.4 is 0 Å². The van der Waals surface area contributed by atoms with Crippen LogP contribution in [0, 0.1) is 0 Å². The number of carbonyl (C=O) groups is 1. The normalized spacial score (nSPS) is 21.2. The van der Waals surface area contributed by atoms with E-state index >= 15 is 0 Å². The van der Waals surface area contributed by atoms with Crippen LogP contribution in [0.4, 0.5) is 0 Å². The van der Waals surface area contributed by atoms with E-state index in [0.717, 1.165) is 5.69 Å². The number of imidazole rings is 1. The molecule has 0 aromatic carbocycles. The van der Waals surface area contributed by atoms with Crippen molar-refractivity contribution in [1.29, 1.82) is 0 Å². The van der Waals surface area contributed by atoms with Crippen LogP contribution in [-0.4, -0.2) is 26.7 Å². The van der Waals surface area contributed by atoms with Crippen molar-refractivity contribution in [2.24, 2.45) is 0 Å². The highest BCUT2D eigenvalue weighted by atomic mass is 16.5. The third kappa shape index (κ3) is 1.31. The Morgan fingerprint density at radius 1 is 1.85 bits per heavy atom. The Kier molecular flexibility index (Phi) is 1.81. The summed E-state index contributed by atoms with van der Waals surface area (Å²) in [6.45, 7) is 2.92. The van der Waals surface area contributed by atoms with Gasteiger partial charge < -0.3 is 14.4 Å². The molecule has 1 aromatic heterocycles. The minimum atomic E-state index is -0.986. The number of hydrogen-bond donors (Lipinski definition) is 1. The summed E-state index contributed by atoms with van der Waals surface area (Å²) >= 11 is 0. The molecule has 0 bridgehead atoms. The molecule has 1 unspecified atom stereocenters. The molecular formula is C8H10N2O3. The molecule has 1 N–H and O–H groups in total. The smallest absolute Gasteiger partial charge is 0.372 e. The van der Waals surface area contributed by atoms with Crippen molar-refractivity contribution in [3.8, 4) is 0 Å². The van der Waals surface area contributed by atoms with Gasteiger partial charge in [0.05, 0.1) is 31.1 Å². The summed E-state index contributed by atoms with van der Waals surface area (Å²) in [4.78, 5) is 14.5. The third-order valence-corrected chi connectivity index (χ3v) is 2.08. The van der Waals surface area contributed by atoms with E-state index in [1.807, 2.05) is 6.92 Å². The highest BCUT2D eigenvalue weighted by Crippen LogP contribution is 2.15. The number of nitrogens with zero attached hydrogens (tertiary/aromatic N) is 2. The van der Waals surface area contributed by atoms with Crippen molar-refractivity contribution in [2.75, 3.05) is 0 Å². The maximum Gasteiger partial charge on any atom is 0.372 e. The van der Waals surface area contributed by atoms with Gasteiger partial charge in [-0.25, -0.2) is 9.78 Å². The first-order valence-corrected chi connectivity index (χ1v) is 4.08. The van der Waals surface area contributed by atoms with E-state index in [0.29, 0.717) is 13.2 Å². The van der Waals surface area contributed by atoms with E-state index in [-0.39, 0.29) is 11.9 Å². The van der Waals surface area contributed by atoms with Gasteiger partial charge in [-0.15, -0.1) is 0 Å². The molecular weight excluding hydrogens is 172 g/mol. The largest absolute Gasteiger partial charge is 0.475 e. The molecule has 0 spiro atoms. The van der Waals surface area contributed by atoms with Crippen LogP contribution in [0.25, 0.3) is 0 Å². The van der Waals surface area contributed by atoms with Crippen LogP contribution in [-0.2, 0) is 17.9 Å². The van der Waals surface area contributed by atoms with Crippen molar-refractivity contribution in [2.45, 2.75) is 26.2 Å². The topological polar surface area (TPSA) is 64.4 Å². The zero-order valence-corrected chi connectivity index (χ0v) is 7.23. The quantitative estimate of drug-likeness (QED) is 0.686. The minimum Gasteiger partial charge on any atom is -0.475 e. The Balaban J connectivity index is 2.41. The van der Waals surface area contributed by atoms with Gasteiger partial charge >= 0.3 is 5.97 Å². The van der Waals surface area contributed by atoms with E-state index in [1.54, 1.807) is 10.8 Å². The van der Waals surface area contributed by atoms with Crippen molar-refractivity contribution in [1.82, 2.24) is 9.55 Å². The zero-order valence-electron chi connectivity index (χ0n) is 7.23. The average Bonchev–Trinajstić information content (AvgIpc) is 2.46. The summed E-state index contributed by atoms with van der Waals surface area (Å²) in [5.74, 6) is -0.884. The summed E-state index contributed by atoms with van der Waals surface area (Å²) in [5, 5.41) is 8.79. The highest BCUT2D eigenvalue weighted by Gasteiger charge is 2.21. The van der Waals surface area contributed by atoms with Gasteiger partial charge in [0.25, 0.3) is 0 Å². The minimum absolute atomic E-state index is 0.0554. The molecule has 0 amide bonds. The Morgan fingerprint density at radius 3 is 3.31 bits per heavy atom. The van der Waals surface area contributed by atoms with Crippen molar-refractivity contribution < 1.29 is 14.6 Å². The molecule has 70 valence electrons. The van der Waals surface area contributed by atoms with Gasteiger partial charge in [0.1, 0.15) is 0 Å². The number of carboxylic acids is 1. The van der Waals surface area contributed by atoms with Crippen molar-refractivity contribution in [3.05, 3.63) is 17.7 Å². The van der Waals surface area contributed by atoms with E-state index in [1.165, 1.54) is 0 Å². The molecule has 1 aromatic rings. The number of aromatic nitrogens is 2. The number of fused-ring (bicyclic) bond motifs is 1. The summed E-state index contributed by atoms with van der Waals surface area (Å²) in [7, 11) is 0. The maximum absolute atomic E-state index is 10.7. The molecule has 1 aliphatic rings. The van der Waals surface area contributed by atoms with Gasteiger partial charge in [-0.2, -0.15) is 0 Å². The van der Waals surface area contributed by atoms with Gasteiger partial charge in [-0.05, 0) is 6.92 Å². The molecule has 2 heterocycles. The lowest BCUT2D eigenvalue weighted by atomic mass is 10.3. The Labute approximate surface area is 75.0 Å². The second-order valence-electron chi connectivity index (χ2n) is 3.11. The maximum atomic E-state index is 10.7. The second-order valence-corrected chi connectivity index (χ2v) is 3.11. The predicted octanol–water partition coefficient (Wildman–Crippen LogP) is 0.500. The van der Waals surface area contributed by atoms with Crippen molar-refractivity contribution in [3.63, 3.8) is 0 Å². The van der Waals surface area contributed by atoms with E-state index in [9.17, 15) is 4.79 Å². The molecule has 1 aliphatic heterocycles. The first kappa shape index (κ1) is 8.25. The van der Waals surface area contributed by atoms with Crippen LogP contribution in [0.5, 0.6) is 0 Å². The number of rotatable bonds is 1. The summed E-state index contributed by atoms with van der Waals surface area (Å²) < 4.78 is 7.03. The third-order valence-electron chi connectivity index (χ3n) is 2.08. The Morgan fingerprint density at radius 2 is 2.62 bits per heavy atom. The molecule has 0 fully saturated rings. The number of hydrogen-bond acceptors (Lipinski definition) is 3. The Bertz CT molecular complexity index is 345. The van der Waals surface area contributed by atoms with Gasteiger partial charge in [-0.3, -0.25) is 0 Å². The lowest BCUT2D eigenvalue weighted by Crippen LogP contribution is -2.26. The van der Waals surface area contributed by atoms with E-state index < -0.39 is 5.97 Å². The average molecular weight is 182 g/mol. The second kappa shape index (κ2) is 2.85. The summed E-state index contributed by atoms with van der Waals surface area (Å²) in [5.41, 5.74) is 0.829. The molecule has 0 aliphatic carbocycles. The lowest BCUT2D eigenvalue weighted by Gasteiger charge is -2.22. The first-order chi connectivity index (χ1) is 6.18.